The molecule has 0 aliphatic heterocycles. The second kappa shape index (κ2) is 7.25. The zero-order valence-electron chi connectivity index (χ0n) is 9.38. The zero-order chi connectivity index (χ0) is 12.7. The van der Waals surface area contributed by atoms with Crippen LogP contribution in [0.5, 0.6) is 0 Å². The largest absolute Gasteiger partial charge is 0.396 e. The molecule has 0 atom stereocenters. The van der Waals surface area contributed by atoms with E-state index in [9.17, 15) is 9.18 Å². The molecule has 0 radical (unpaired) electrons. The van der Waals surface area contributed by atoms with Gasteiger partial charge in [0.05, 0.1) is 0 Å². The molecular weight excluding hydrogens is 245 g/mol. The lowest BCUT2D eigenvalue weighted by Gasteiger charge is -2.06. The summed E-state index contributed by atoms with van der Waals surface area (Å²) in [6.45, 7) is 0.359. The Morgan fingerprint density at radius 3 is 2.94 bits per heavy atom. The minimum atomic E-state index is -0.320. The van der Waals surface area contributed by atoms with Gasteiger partial charge in [-0.15, -0.1) is 0 Å². The van der Waals surface area contributed by atoms with E-state index in [0.29, 0.717) is 30.0 Å². The van der Waals surface area contributed by atoms with E-state index in [2.05, 4.69) is 5.32 Å². The first-order valence-electron chi connectivity index (χ1n) is 5.45. The third kappa shape index (κ3) is 5.15. The lowest BCUT2D eigenvalue weighted by Crippen LogP contribution is -2.25. The number of nitrogens with one attached hydrogen (secondary N) is 1. The van der Waals surface area contributed by atoms with E-state index in [-0.39, 0.29) is 24.8 Å². The Morgan fingerprint density at radius 2 is 2.24 bits per heavy atom. The normalized spacial score (nSPS) is 10.3. The summed E-state index contributed by atoms with van der Waals surface area (Å²) in [5.41, 5.74) is 0.486. The lowest BCUT2D eigenvalue weighted by atomic mass is 10.1. The third-order valence-electron chi connectivity index (χ3n) is 2.29. The molecule has 0 fully saturated rings. The molecule has 17 heavy (non-hydrogen) atoms. The number of benzene rings is 1. The molecule has 0 aromatic heterocycles. The second-order valence-corrected chi connectivity index (χ2v) is 4.10. The van der Waals surface area contributed by atoms with Crippen molar-refractivity contribution >= 4 is 17.5 Å². The molecule has 1 aromatic rings. The van der Waals surface area contributed by atoms with Crippen LogP contribution in [0, 0.1) is 5.82 Å². The van der Waals surface area contributed by atoms with Crippen LogP contribution in [0.25, 0.3) is 0 Å². The summed E-state index contributed by atoms with van der Waals surface area (Å²) in [4.78, 5) is 11.2. The fraction of sp³-hybridized carbons (Fsp3) is 0.417. The highest BCUT2D eigenvalue weighted by Crippen LogP contribution is 2.14. The molecule has 5 heteroatoms. The second-order valence-electron chi connectivity index (χ2n) is 3.66. The van der Waals surface area contributed by atoms with E-state index in [1.807, 2.05) is 0 Å². The van der Waals surface area contributed by atoms with Crippen LogP contribution in [0.15, 0.2) is 18.2 Å². The summed E-state index contributed by atoms with van der Waals surface area (Å²) in [5.74, 6) is -0.458. The predicted molar refractivity (Wildman–Crippen MR) is 64.4 cm³/mol. The molecule has 0 saturated carbocycles. The Hall–Kier alpha value is -1.13. The number of aliphatic hydroxyl groups is 1. The Morgan fingerprint density at radius 1 is 1.47 bits per heavy atom. The number of amides is 1. The van der Waals surface area contributed by atoms with Gasteiger partial charge >= 0.3 is 0 Å². The molecule has 0 unspecified atom stereocenters. The van der Waals surface area contributed by atoms with Crippen molar-refractivity contribution < 1.29 is 14.3 Å². The van der Waals surface area contributed by atoms with Crippen molar-refractivity contribution in [2.45, 2.75) is 19.3 Å². The molecule has 0 saturated heterocycles. The number of rotatable bonds is 6. The first-order valence-corrected chi connectivity index (χ1v) is 5.82. The lowest BCUT2D eigenvalue weighted by molar-refractivity contribution is -0.121. The van der Waals surface area contributed by atoms with E-state index in [4.69, 9.17) is 16.7 Å². The Balaban J connectivity index is 2.35. The number of carbonyl (C=O) groups excluding carboxylic acids is 1. The average Bonchev–Trinajstić information content (AvgIpc) is 2.31. The third-order valence-corrected chi connectivity index (χ3v) is 2.52. The van der Waals surface area contributed by atoms with Gasteiger partial charge in [-0.2, -0.15) is 0 Å². The van der Waals surface area contributed by atoms with E-state index < -0.39 is 0 Å². The van der Waals surface area contributed by atoms with E-state index in [1.54, 1.807) is 6.07 Å². The van der Waals surface area contributed by atoms with Crippen LogP contribution in [0.2, 0.25) is 5.02 Å². The van der Waals surface area contributed by atoms with Gasteiger partial charge in [0.25, 0.3) is 0 Å². The molecule has 94 valence electrons. The Kier molecular flexibility index (Phi) is 5.94. The minimum Gasteiger partial charge on any atom is -0.396 e. The van der Waals surface area contributed by atoms with Crippen LogP contribution in [0.4, 0.5) is 4.39 Å². The van der Waals surface area contributed by atoms with E-state index in [1.165, 1.54) is 12.1 Å². The number of hydrogen-bond acceptors (Lipinski definition) is 2. The predicted octanol–water partition coefficient (Wildman–Crippen LogP) is 1.91. The smallest absolute Gasteiger partial charge is 0.220 e. The zero-order valence-corrected chi connectivity index (χ0v) is 10.1. The highest BCUT2D eigenvalue weighted by atomic mass is 35.5. The van der Waals surface area contributed by atoms with Gasteiger partial charge < -0.3 is 10.4 Å². The van der Waals surface area contributed by atoms with Crippen molar-refractivity contribution in [3.05, 3.63) is 34.6 Å². The molecule has 0 heterocycles. The maximum absolute atomic E-state index is 13.3. The summed E-state index contributed by atoms with van der Waals surface area (Å²) >= 11 is 5.75. The molecule has 2 N–H and O–H groups in total. The monoisotopic (exact) mass is 259 g/mol. The van der Waals surface area contributed by atoms with Gasteiger partial charge in [-0.1, -0.05) is 11.6 Å². The number of aliphatic hydroxyl groups excluding tert-OH is 1. The minimum absolute atomic E-state index is 0.00363. The van der Waals surface area contributed by atoms with E-state index in [0.717, 1.165) is 0 Å². The van der Waals surface area contributed by atoms with Crippen molar-refractivity contribution in [2.75, 3.05) is 13.2 Å². The van der Waals surface area contributed by atoms with Crippen LogP contribution in [0.1, 0.15) is 18.4 Å². The summed E-state index contributed by atoms with van der Waals surface area (Å²) in [6.07, 6.45) is 1.13. The van der Waals surface area contributed by atoms with Crippen molar-refractivity contribution in [1.29, 1.82) is 0 Å². The fourth-order valence-corrected chi connectivity index (χ4v) is 1.59. The number of halogens is 2. The van der Waals surface area contributed by atoms with Crippen LogP contribution in [-0.2, 0) is 11.2 Å². The van der Waals surface area contributed by atoms with Crippen LogP contribution >= 0.6 is 11.6 Å². The highest BCUT2D eigenvalue weighted by molar-refractivity contribution is 6.30. The molecule has 1 amide bonds. The molecule has 0 aliphatic carbocycles. The van der Waals surface area contributed by atoms with Crippen molar-refractivity contribution in [3.63, 3.8) is 0 Å². The topological polar surface area (TPSA) is 49.3 Å². The molecule has 1 aromatic carbocycles. The quantitative estimate of drug-likeness (QED) is 0.820. The Labute approximate surface area is 105 Å². The van der Waals surface area contributed by atoms with Crippen LogP contribution in [0.3, 0.4) is 0 Å². The molecule has 0 bridgehead atoms. The summed E-state index contributed by atoms with van der Waals surface area (Å²) < 4.78 is 13.3. The number of carbonyl (C=O) groups is 1. The van der Waals surface area contributed by atoms with Gasteiger partial charge in [-0.3, -0.25) is 4.79 Å². The number of hydrogen-bond donors (Lipinski definition) is 2. The molecule has 0 spiro atoms. The molecule has 3 nitrogen and oxygen atoms in total. The fourth-order valence-electron chi connectivity index (χ4n) is 1.40. The van der Waals surface area contributed by atoms with Gasteiger partial charge in [0.2, 0.25) is 5.91 Å². The SMILES string of the molecule is O=C(CCCO)NCCc1cc(Cl)ccc1F. The van der Waals surface area contributed by atoms with Crippen molar-refractivity contribution in [2.24, 2.45) is 0 Å². The van der Waals surface area contributed by atoms with Crippen LogP contribution in [-0.4, -0.2) is 24.2 Å². The first-order chi connectivity index (χ1) is 8.13. The molecular formula is C12H15ClFNO2. The average molecular weight is 260 g/mol. The first kappa shape index (κ1) is 13.9. The van der Waals surface area contributed by atoms with Gasteiger partial charge in [-0.05, 0) is 36.6 Å². The molecule has 1 rings (SSSR count). The Bertz CT molecular complexity index is 385. The summed E-state index contributed by atoms with van der Waals surface area (Å²) in [7, 11) is 0. The van der Waals surface area contributed by atoms with Crippen molar-refractivity contribution in [1.82, 2.24) is 5.32 Å². The summed E-state index contributed by atoms with van der Waals surface area (Å²) in [6, 6.07) is 4.35. The maximum Gasteiger partial charge on any atom is 0.220 e. The van der Waals surface area contributed by atoms with Crippen LogP contribution < -0.4 is 5.32 Å². The van der Waals surface area contributed by atoms with Gasteiger partial charge in [0.1, 0.15) is 5.82 Å². The standard InChI is InChI=1S/C12H15ClFNO2/c13-10-3-4-11(14)9(8-10)5-6-15-12(17)2-1-7-16/h3-4,8,16H,1-2,5-7H2,(H,15,17). The molecule has 0 aliphatic rings. The van der Waals surface area contributed by atoms with Gasteiger partial charge in [0.15, 0.2) is 0 Å². The summed E-state index contributed by atoms with van der Waals surface area (Å²) in [5, 5.41) is 11.7. The van der Waals surface area contributed by atoms with Gasteiger partial charge in [-0.25, -0.2) is 4.39 Å². The van der Waals surface area contributed by atoms with Crippen molar-refractivity contribution in [3.8, 4) is 0 Å². The van der Waals surface area contributed by atoms with E-state index >= 15 is 0 Å². The van der Waals surface area contributed by atoms with Gasteiger partial charge in [0, 0.05) is 24.6 Å². The maximum atomic E-state index is 13.3. The highest BCUT2D eigenvalue weighted by Gasteiger charge is 2.04.